The molecule has 1 unspecified atom stereocenters. The van der Waals surface area contributed by atoms with Crippen LogP contribution in [0.4, 0.5) is 0 Å². The van der Waals surface area contributed by atoms with Crippen LogP contribution in [0.1, 0.15) is 38.7 Å². The third kappa shape index (κ3) is 4.31. The van der Waals surface area contributed by atoms with Crippen molar-refractivity contribution in [3.05, 3.63) is 35.9 Å². The summed E-state index contributed by atoms with van der Waals surface area (Å²) in [5.74, 6) is 0.849. The molecule has 21 heavy (non-hydrogen) atoms. The maximum absolute atomic E-state index is 12.4. The molecule has 1 amide bonds. The van der Waals surface area contributed by atoms with E-state index in [2.05, 4.69) is 17.3 Å². The van der Waals surface area contributed by atoms with Crippen molar-refractivity contribution < 1.29 is 4.79 Å². The number of rotatable bonds is 5. The van der Waals surface area contributed by atoms with Crippen molar-refractivity contribution in [2.24, 2.45) is 5.92 Å². The van der Waals surface area contributed by atoms with Crippen LogP contribution in [-0.2, 0) is 10.2 Å². The second kappa shape index (κ2) is 7.08. The zero-order chi connectivity index (χ0) is 15.3. The van der Waals surface area contributed by atoms with Crippen molar-refractivity contribution in [3.8, 4) is 0 Å². The molecule has 116 valence electrons. The fourth-order valence-corrected chi connectivity index (χ4v) is 3.11. The lowest BCUT2D eigenvalue weighted by Crippen LogP contribution is -2.41. The Morgan fingerprint density at radius 1 is 1.33 bits per heavy atom. The van der Waals surface area contributed by atoms with Crippen LogP contribution in [0.25, 0.3) is 0 Å². The lowest BCUT2D eigenvalue weighted by molar-refractivity contribution is -0.125. The predicted molar refractivity (Wildman–Crippen MR) is 87.3 cm³/mol. The minimum Gasteiger partial charge on any atom is -0.355 e. The van der Waals surface area contributed by atoms with Crippen LogP contribution in [-0.4, -0.2) is 37.5 Å². The van der Waals surface area contributed by atoms with Crippen molar-refractivity contribution >= 4 is 5.91 Å². The van der Waals surface area contributed by atoms with E-state index in [-0.39, 0.29) is 5.91 Å². The Morgan fingerprint density at radius 3 is 2.71 bits per heavy atom. The average Bonchev–Trinajstić information content (AvgIpc) is 2.48. The number of amides is 1. The van der Waals surface area contributed by atoms with Crippen molar-refractivity contribution in [1.82, 2.24) is 10.2 Å². The highest BCUT2D eigenvalue weighted by atomic mass is 16.2. The van der Waals surface area contributed by atoms with Gasteiger partial charge in [-0.25, -0.2) is 0 Å². The Balaban J connectivity index is 1.81. The van der Waals surface area contributed by atoms with Crippen LogP contribution in [0.15, 0.2) is 30.3 Å². The maximum atomic E-state index is 12.4. The summed E-state index contributed by atoms with van der Waals surface area (Å²) in [6, 6.07) is 10.0. The Bertz CT molecular complexity index is 456. The van der Waals surface area contributed by atoms with Crippen molar-refractivity contribution in [2.75, 3.05) is 26.7 Å². The zero-order valence-electron chi connectivity index (χ0n) is 13.6. The van der Waals surface area contributed by atoms with Gasteiger partial charge in [-0.3, -0.25) is 4.79 Å². The standard InChI is InChI=1S/C18H28N2O/c1-18(2,16-9-5-4-6-10-16)17(21)19-12-11-15-8-7-13-20(3)14-15/h4-6,9-10,15H,7-8,11-14H2,1-3H3,(H,19,21). The summed E-state index contributed by atoms with van der Waals surface area (Å²) in [5, 5.41) is 3.13. The number of nitrogens with zero attached hydrogens (tertiary/aromatic N) is 1. The Kier molecular flexibility index (Phi) is 5.40. The van der Waals surface area contributed by atoms with Crippen molar-refractivity contribution in [3.63, 3.8) is 0 Å². The van der Waals surface area contributed by atoms with Crippen molar-refractivity contribution in [2.45, 2.75) is 38.5 Å². The molecule has 1 fully saturated rings. The summed E-state index contributed by atoms with van der Waals surface area (Å²) < 4.78 is 0. The van der Waals surface area contributed by atoms with Gasteiger partial charge in [0.2, 0.25) is 5.91 Å². The summed E-state index contributed by atoms with van der Waals surface area (Å²) in [5.41, 5.74) is 0.602. The lowest BCUT2D eigenvalue weighted by atomic mass is 9.83. The normalized spacial score (nSPS) is 20.2. The molecule has 0 bridgehead atoms. The first-order valence-electron chi connectivity index (χ1n) is 8.02. The number of carbonyl (C=O) groups excluding carboxylic acids is 1. The van der Waals surface area contributed by atoms with Gasteiger partial charge in [0.15, 0.2) is 0 Å². The largest absolute Gasteiger partial charge is 0.355 e. The molecule has 3 heteroatoms. The molecule has 0 aromatic heterocycles. The zero-order valence-corrected chi connectivity index (χ0v) is 13.6. The van der Waals surface area contributed by atoms with Crippen LogP contribution in [0.2, 0.25) is 0 Å². The highest BCUT2D eigenvalue weighted by molar-refractivity contribution is 5.87. The number of likely N-dealkylation sites (tertiary alicyclic amines) is 1. The molecule has 0 saturated carbocycles. The highest BCUT2D eigenvalue weighted by Crippen LogP contribution is 2.23. The third-order valence-corrected chi connectivity index (χ3v) is 4.62. The Labute approximate surface area is 128 Å². The second-order valence-electron chi connectivity index (χ2n) is 6.81. The summed E-state index contributed by atoms with van der Waals surface area (Å²) >= 11 is 0. The number of piperidine rings is 1. The Hall–Kier alpha value is -1.35. The smallest absolute Gasteiger partial charge is 0.230 e. The molecule has 1 N–H and O–H groups in total. The van der Waals surface area contributed by atoms with E-state index in [4.69, 9.17) is 0 Å². The molecule has 0 aliphatic carbocycles. The average molecular weight is 288 g/mol. The molecule has 1 heterocycles. The van der Waals surface area contributed by atoms with Gasteiger partial charge in [0, 0.05) is 13.1 Å². The number of hydrogen-bond donors (Lipinski definition) is 1. The van der Waals surface area contributed by atoms with Crippen LogP contribution >= 0.6 is 0 Å². The van der Waals surface area contributed by atoms with Gasteiger partial charge in [0.05, 0.1) is 5.41 Å². The summed E-state index contributed by atoms with van der Waals surface area (Å²) in [6.45, 7) is 7.15. The molecule has 1 aromatic rings. The SMILES string of the molecule is CN1CCCC(CCNC(=O)C(C)(C)c2ccccc2)C1. The highest BCUT2D eigenvalue weighted by Gasteiger charge is 2.29. The Morgan fingerprint density at radius 2 is 2.05 bits per heavy atom. The minimum atomic E-state index is -0.468. The molecule has 0 radical (unpaired) electrons. The van der Waals surface area contributed by atoms with Crippen LogP contribution in [0.5, 0.6) is 0 Å². The summed E-state index contributed by atoms with van der Waals surface area (Å²) in [4.78, 5) is 14.8. The van der Waals surface area contributed by atoms with Gasteiger partial charge in [-0.15, -0.1) is 0 Å². The molecule has 1 aliphatic heterocycles. The molecule has 1 saturated heterocycles. The quantitative estimate of drug-likeness (QED) is 0.903. The van der Waals surface area contributed by atoms with E-state index in [1.54, 1.807) is 0 Å². The van der Waals surface area contributed by atoms with Gasteiger partial charge >= 0.3 is 0 Å². The van der Waals surface area contributed by atoms with E-state index in [1.165, 1.54) is 19.4 Å². The molecule has 2 rings (SSSR count). The van der Waals surface area contributed by atoms with Crippen LogP contribution < -0.4 is 5.32 Å². The fraction of sp³-hybridized carbons (Fsp3) is 0.611. The molecule has 3 nitrogen and oxygen atoms in total. The van der Waals surface area contributed by atoms with E-state index >= 15 is 0 Å². The maximum Gasteiger partial charge on any atom is 0.230 e. The molecule has 1 aliphatic rings. The number of nitrogens with one attached hydrogen (secondary N) is 1. The third-order valence-electron chi connectivity index (χ3n) is 4.62. The fourth-order valence-electron chi connectivity index (χ4n) is 3.11. The van der Waals surface area contributed by atoms with Crippen molar-refractivity contribution in [1.29, 1.82) is 0 Å². The first kappa shape index (κ1) is 16.0. The second-order valence-corrected chi connectivity index (χ2v) is 6.81. The van der Waals surface area contributed by atoms with E-state index < -0.39 is 5.41 Å². The van der Waals surface area contributed by atoms with E-state index in [0.717, 1.165) is 31.0 Å². The molecular formula is C18H28N2O. The van der Waals surface area contributed by atoms with Gasteiger partial charge in [0.25, 0.3) is 0 Å². The molecule has 1 aromatic carbocycles. The first-order valence-corrected chi connectivity index (χ1v) is 8.02. The number of carbonyl (C=O) groups is 1. The van der Waals surface area contributed by atoms with Crippen LogP contribution in [0.3, 0.4) is 0 Å². The van der Waals surface area contributed by atoms with Gasteiger partial charge in [0.1, 0.15) is 0 Å². The summed E-state index contributed by atoms with van der Waals surface area (Å²) in [6.07, 6.45) is 3.66. The van der Waals surface area contributed by atoms with Gasteiger partial charge in [-0.2, -0.15) is 0 Å². The predicted octanol–water partition coefficient (Wildman–Crippen LogP) is 2.81. The van der Waals surface area contributed by atoms with Crippen LogP contribution in [0, 0.1) is 5.92 Å². The number of benzene rings is 1. The van der Waals surface area contributed by atoms with E-state index in [0.29, 0.717) is 0 Å². The van der Waals surface area contributed by atoms with E-state index in [1.807, 2.05) is 44.2 Å². The molecule has 0 spiro atoms. The van der Waals surface area contributed by atoms with Gasteiger partial charge in [-0.1, -0.05) is 30.3 Å². The van der Waals surface area contributed by atoms with Gasteiger partial charge in [-0.05, 0) is 58.2 Å². The molecule has 1 atom stereocenters. The van der Waals surface area contributed by atoms with E-state index in [9.17, 15) is 4.79 Å². The monoisotopic (exact) mass is 288 g/mol. The first-order chi connectivity index (χ1) is 10.00. The summed E-state index contributed by atoms with van der Waals surface area (Å²) in [7, 11) is 2.18. The number of hydrogen-bond acceptors (Lipinski definition) is 2. The van der Waals surface area contributed by atoms with Gasteiger partial charge < -0.3 is 10.2 Å². The minimum absolute atomic E-state index is 0.123. The molecular weight excluding hydrogens is 260 g/mol. The topological polar surface area (TPSA) is 32.3 Å². The lowest BCUT2D eigenvalue weighted by Gasteiger charge is -2.30.